The molecule has 28 heavy (non-hydrogen) atoms. The molecule has 10 heteroatoms. The lowest BCUT2D eigenvalue weighted by Gasteiger charge is -2.42. The Bertz CT molecular complexity index is 987. The molecule has 2 aliphatic rings. The summed E-state index contributed by atoms with van der Waals surface area (Å²) in [6.45, 7) is 3.37. The van der Waals surface area contributed by atoms with Gasteiger partial charge in [0.05, 0.1) is 23.9 Å². The normalized spacial score (nSPS) is 21.5. The van der Waals surface area contributed by atoms with E-state index in [1.54, 1.807) is 23.2 Å². The molecule has 1 atom stereocenters. The molecule has 0 aliphatic carbocycles. The molecule has 2 aromatic rings. The molecule has 150 valence electrons. The highest BCUT2D eigenvalue weighted by Crippen LogP contribution is 2.27. The molecule has 2 aliphatic heterocycles. The molecular formula is C18H21ClN4O4S. The average Bonchev–Trinajstić information content (AvgIpc) is 3.06. The Kier molecular flexibility index (Phi) is 5.17. The topological polar surface area (TPSA) is 84.7 Å². The van der Waals surface area contributed by atoms with Crippen LogP contribution < -0.4 is 0 Å². The maximum atomic E-state index is 12.9. The third-order valence-corrected chi connectivity index (χ3v) is 7.40. The number of morpholine rings is 1. The van der Waals surface area contributed by atoms with Crippen molar-refractivity contribution in [1.82, 2.24) is 19.0 Å². The van der Waals surface area contributed by atoms with Gasteiger partial charge < -0.3 is 9.64 Å². The van der Waals surface area contributed by atoms with Crippen LogP contribution in [0.4, 0.5) is 0 Å². The summed E-state index contributed by atoms with van der Waals surface area (Å²) in [4.78, 5) is 14.5. The van der Waals surface area contributed by atoms with E-state index in [9.17, 15) is 13.2 Å². The lowest BCUT2D eigenvalue weighted by Crippen LogP contribution is -2.58. The minimum Gasteiger partial charge on any atom is -0.366 e. The van der Waals surface area contributed by atoms with Gasteiger partial charge in [0, 0.05) is 32.4 Å². The number of likely N-dealkylation sites (tertiary alicyclic amines) is 1. The van der Waals surface area contributed by atoms with E-state index in [1.165, 1.54) is 16.4 Å². The van der Waals surface area contributed by atoms with Crippen LogP contribution in [-0.2, 0) is 19.6 Å². The van der Waals surface area contributed by atoms with E-state index < -0.39 is 16.1 Å². The highest BCUT2D eigenvalue weighted by atomic mass is 35.5. The van der Waals surface area contributed by atoms with Gasteiger partial charge in [0.1, 0.15) is 11.0 Å². The molecule has 0 saturated carbocycles. The monoisotopic (exact) mass is 424 g/mol. The molecule has 2 fully saturated rings. The number of rotatable bonds is 4. The average molecular weight is 425 g/mol. The predicted molar refractivity (Wildman–Crippen MR) is 103 cm³/mol. The standard InChI is InChI=1S/C18H21ClN4O4S/c1-13-8-20-23(9-13)14-10-21(11-14)18(24)16-12-22(6-7-27-16)28(25,26)17-5-3-2-4-15(17)19/h2-5,8-9,14,16H,6-7,10-12H2,1H3/t16-/m1/s1. The molecular weight excluding hydrogens is 404 g/mol. The number of carbonyl (C=O) groups excluding carboxylic acids is 1. The van der Waals surface area contributed by atoms with Gasteiger partial charge in [0.25, 0.3) is 5.91 Å². The van der Waals surface area contributed by atoms with Crippen LogP contribution >= 0.6 is 11.6 Å². The van der Waals surface area contributed by atoms with E-state index in [4.69, 9.17) is 16.3 Å². The number of hydrogen-bond donors (Lipinski definition) is 0. The molecule has 0 unspecified atom stereocenters. The fraction of sp³-hybridized carbons (Fsp3) is 0.444. The van der Waals surface area contributed by atoms with Gasteiger partial charge in [-0.05, 0) is 24.6 Å². The minimum atomic E-state index is -3.79. The first-order valence-corrected chi connectivity index (χ1v) is 10.8. The Balaban J connectivity index is 1.41. The number of aromatic nitrogens is 2. The van der Waals surface area contributed by atoms with Crippen molar-refractivity contribution in [3.63, 3.8) is 0 Å². The number of hydrogen-bond acceptors (Lipinski definition) is 5. The second-order valence-electron chi connectivity index (χ2n) is 7.05. The number of amides is 1. The molecule has 1 aromatic carbocycles. The van der Waals surface area contributed by atoms with Gasteiger partial charge in [-0.15, -0.1) is 0 Å². The Morgan fingerprint density at radius 1 is 1.25 bits per heavy atom. The summed E-state index contributed by atoms with van der Waals surface area (Å²) in [5, 5.41) is 4.44. The van der Waals surface area contributed by atoms with E-state index in [0.29, 0.717) is 13.1 Å². The summed E-state index contributed by atoms with van der Waals surface area (Å²) in [5.41, 5.74) is 1.07. The minimum absolute atomic E-state index is 0.0194. The third kappa shape index (κ3) is 3.55. The van der Waals surface area contributed by atoms with Crippen molar-refractivity contribution in [2.75, 3.05) is 32.8 Å². The second-order valence-corrected chi connectivity index (χ2v) is 9.36. The number of carbonyl (C=O) groups is 1. The molecule has 3 heterocycles. The lowest BCUT2D eigenvalue weighted by atomic mass is 10.1. The molecule has 0 N–H and O–H groups in total. The van der Waals surface area contributed by atoms with Gasteiger partial charge in [0.15, 0.2) is 0 Å². The molecule has 1 amide bonds. The summed E-state index contributed by atoms with van der Waals surface area (Å²) < 4.78 is 34.5. The highest BCUT2D eigenvalue weighted by molar-refractivity contribution is 7.89. The van der Waals surface area contributed by atoms with E-state index in [-0.39, 0.29) is 41.6 Å². The van der Waals surface area contributed by atoms with E-state index in [0.717, 1.165) is 5.56 Å². The summed E-state index contributed by atoms with van der Waals surface area (Å²) in [6.07, 6.45) is 2.92. The van der Waals surface area contributed by atoms with Crippen LogP contribution in [0.15, 0.2) is 41.6 Å². The van der Waals surface area contributed by atoms with Gasteiger partial charge in [-0.25, -0.2) is 8.42 Å². The molecule has 0 bridgehead atoms. The van der Waals surface area contributed by atoms with Crippen molar-refractivity contribution >= 4 is 27.5 Å². The van der Waals surface area contributed by atoms with Gasteiger partial charge in [-0.3, -0.25) is 9.48 Å². The molecule has 1 aromatic heterocycles. The van der Waals surface area contributed by atoms with E-state index in [1.807, 2.05) is 17.8 Å². The van der Waals surface area contributed by atoms with Crippen molar-refractivity contribution in [1.29, 1.82) is 0 Å². The van der Waals surface area contributed by atoms with Crippen LogP contribution in [0.1, 0.15) is 11.6 Å². The lowest BCUT2D eigenvalue weighted by molar-refractivity contribution is -0.153. The number of nitrogens with zero attached hydrogens (tertiary/aromatic N) is 4. The molecule has 4 rings (SSSR count). The Morgan fingerprint density at radius 3 is 2.68 bits per heavy atom. The Hall–Kier alpha value is -1.94. The van der Waals surface area contributed by atoms with Crippen LogP contribution in [-0.4, -0.2) is 72.2 Å². The van der Waals surface area contributed by atoms with Crippen molar-refractivity contribution < 1.29 is 17.9 Å². The maximum absolute atomic E-state index is 12.9. The summed E-state index contributed by atoms with van der Waals surface area (Å²) in [7, 11) is -3.79. The van der Waals surface area contributed by atoms with Gasteiger partial charge >= 0.3 is 0 Å². The largest absolute Gasteiger partial charge is 0.366 e. The SMILES string of the molecule is Cc1cnn(C2CN(C(=O)[C@H]3CN(S(=O)(=O)c4ccccc4Cl)CCO3)C2)c1. The zero-order chi connectivity index (χ0) is 19.9. The number of ether oxygens (including phenoxy) is 1. The van der Waals surface area contributed by atoms with Gasteiger partial charge in [0.2, 0.25) is 10.0 Å². The van der Waals surface area contributed by atoms with Crippen molar-refractivity contribution in [3.05, 3.63) is 47.2 Å². The Labute approximate surface area is 168 Å². The molecule has 0 radical (unpaired) electrons. The van der Waals surface area contributed by atoms with E-state index >= 15 is 0 Å². The van der Waals surface area contributed by atoms with Crippen LogP contribution in [0.3, 0.4) is 0 Å². The predicted octanol–water partition coefficient (Wildman–Crippen LogP) is 1.32. The first-order valence-electron chi connectivity index (χ1n) is 9.02. The van der Waals surface area contributed by atoms with Crippen LogP contribution in [0, 0.1) is 6.92 Å². The number of sulfonamides is 1. The quantitative estimate of drug-likeness (QED) is 0.739. The fourth-order valence-corrected chi connectivity index (χ4v) is 5.34. The zero-order valence-electron chi connectivity index (χ0n) is 15.4. The number of benzene rings is 1. The fourth-order valence-electron chi connectivity index (χ4n) is 3.43. The number of halogens is 1. The first-order chi connectivity index (χ1) is 13.4. The highest BCUT2D eigenvalue weighted by Gasteiger charge is 2.40. The van der Waals surface area contributed by atoms with E-state index in [2.05, 4.69) is 5.10 Å². The summed E-state index contributed by atoms with van der Waals surface area (Å²) in [6, 6.07) is 6.45. The molecule has 0 spiro atoms. The van der Waals surface area contributed by atoms with Crippen LogP contribution in [0.25, 0.3) is 0 Å². The maximum Gasteiger partial charge on any atom is 0.253 e. The van der Waals surface area contributed by atoms with Crippen LogP contribution in [0.5, 0.6) is 0 Å². The van der Waals surface area contributed by atoms with Gasteiger partial charge in [-0.2, -0.15) is 9.40 Å². The first kappa shape index (κ1) is 19.4. The molecule has 8 nitrogen and oxygen atoms in total. The zero-order valence-corrected chi connectivity index (χ0v) is 16.9. The Morgan fingerprint density at radius 2 is 2.00 bits per heavy atom. The molecule has 2 saturated heterocycles. The van der Waals surface area contributed by atoms with Crippen LogP contribution in [0.2, 0.25) is 5.02 Å². The van der Waals surface area contributed by atoms with Crippen molar-refractivity contribution in [2.45, 2.75) is 24.0 Å². The smallest absolute Gasteiger partial charge is 0.253 e. The van der Waals surface area contributed by atoms with Gasteiger partial charge in [-0.1, -0.05) is 23.7 Å². The van der Waals surface area contributed by atoms with Crippen molar-refractivity contribution in [3.8, 4) is 0 Å². The summed E-state index contributed by atoms with van der Waals surface area (Å²) in [5.74, 6) is -0.195. The number of aryl methyl sites for hydroxylation is 1. The van der Waals surface area contributed by atoms with Crippen molar-refractivity contribution in [2.24, 2.45) is 0 Å². The third-order valence-electron chi connectivity index (χ3n) is 5.04. The summed E-state index contributed by atoms with van der Waals surface area (Å²) >= 11 is 6.06. The second kappa shape index (κ2) is 7.47.